The van der Waals surface area contributed by atoms with Crippen LogP contribution in [0.3, 0.4) is 0 Å². The van der Waals surface area contributed by atoms with E-state index in [1.165, 1.54) is 0 Å². The van der Waals surface area contributed by atoms with Gasteiger partial charge in [-0.1, -0.05) is 11.6 Å². The summed E-state index contributed by atoms with van der Waals surface area (Å²) in [5.41, 5.74) is 8.35. The lowest BCUT2D eigenvalue weighted by Crippen LogP contribution is -2.43. The predicted octanol–water partition coefficient (Wildman–Crippen LogP) is 3.27. The number of nitrogens with zero attached hydrogens (tertiary/aromatic N) is 3. The first kappa shape index (κ1) is 18.2. The minimum Gasteiger partial charge on any atom is -0.492 e. The lowest BCUT2D eigenvalue weighted by molar-refractivity contribution is 0.0241. The summed E-state index contributed by atoms with van der Waals surface area (Å²) >= 11 is 6.31. The second kappa shape index (κ2) is 7.54. The number of likely N-dealkylation sites (tertiary alicyclic amines) is 1. The number of rotatable bonds is 3. The third-order valence-corrected chi connectivity index (χ3v) is 6.54. The number of hydrogen-bond acceptors (Lipinski definition) is 7. The van der Waals surface area contributed by atoms with Crippen LogP contribution in [-0.2, 0) is 11.2 Å². The second-order valence-electron chi connectivity index (χ2n) is 7.83. The fourth-order valence-electron chi connectivity index (χ4n) is 4.60. The van der Waals surface area contributed by atoms with E-state index in [9.17, 15) is 0 Å². The molecule has 0 bridgehead atoms. The van der Waals surface area contributed by atoms with E-state index < -0.39 is 0 Å². The van der Waals surface area contributed by atoms with Crippen molar-refractivity contribution in [1.82, 2.24) is 15.1 Å². The molecule has 0 unspecified atom stereocenters. The Labute approximate surface area is 169 Å². The Morgan fingerprint density at radius 2 is 1.86 bits per heavy atom. The first-order valence-corrected chi connectivity index (χ1v) is 10.5. The Hall–Kier alpha value is -1.83. The van der Waals surface area contributed by atoms with Crippen LogP contribution in [0.4, 0.5) is 5.69 Å². The lowest BCUT2D eigenvalue weighted by atomic mass is 9.94. The van der Waals surface area contributed by atoms with Gasteiger partial charge in [-0.25, -0.2) is 0 Å². The molecule has 2 saturated heterocycles. The summed E-state index contributed by atoms with van der Waals surface area (Å²) in [6.07, 6.45) is 5.10. The third kappa shape index (κ3) is 3.25. The molecule has 2 fully saturated rings. The van der Waals surface area contributed by atoms with E-state index in [1.54, 1.807) is 6.07 Å². The van der Waals surface area contributed by atoms with Crippen molar-refractivity contribution in [2.45, 2.75) is 44.1 Å². The Bertz CT molecular complexity index is 857. The molecular weight excluding hydrogens is 380 g/mol. The topological polar surface area (TPSA) is 86.6 Å². The highest BCUT2D eigenvalue weighted by atomic mass is 35.5. The first-order chi connectivity index (χ1) is 13.7. The van der Waals surface area contributed by atoms with Crippen LogP contribution in [0, 0.1) is 0 Å². The van der Waals surface area contributed by atoms with Crippen LogP contribution in [0.15, 0.2) is 10.5 Å². The molecule has 28 heavy (non-hydrogen) atoms. The summed E-state index contributed by atoms with van der Waals surface area (Å²) in [6, 6.07) is 2.43. The van der Waals surface area contributed by atoms with Gasteiger partial charge in [0.15, 0.2) is 0 Å². The summed E-state index contributed by atoms with van der Waals surface area (Å²) in [4.78, 5) is 2.59. The Balaban J connectivity index is 1.31. The zero-order valence-electron chi connectivity index (χ0n) is 15.8. The molecule has 2 N–H and O–H groups in total. The smallest absolute Gasteiger partial charge is 0.251 e. The predicted molar refractivity (Wildman–Crippen MR) is 106 cm³/mol. The number of halogens is 1. The molecule has 3 aliphatic rings. The maximum absolute atomic E-state index is 6.31. The molecule has 4 heterocycles. The molecule has 7 nitrogen and oxygen atoms in total. The van der Waals surface area contributed by atoms with Crippen molar-refractivity contribution in [2.24, 2.45) is 0 Å². The zero-order valence-corrected chi connectivity index (χ0v) is 16.6. The number of piperidine rings is 1. The number of hydrogen-bond donors (Lipinski definition) is 1. The molecular formula is C20H25ClN4O3. The van der Waals surface area contributed by atoms with Gasteiger partial charge in [0.1, 0.15) is 5.75 Å². The molecule has 2 aromatic rings. The van der Waals surface area contributed by atoms with Gasteiger partial charge in [-0.15, -0.1) is 10.2 Å². The van der Waals surface area contributed by atoms with Gasteiger partial charge in [-0.2, -0.15) is 0 Å². The first-order valence-electron chi connectivity index (χ1n) is 10.1. The maximum Gasteiger partial charge on any atom is 0.251 e. The van der Waals surface area contributed by atoms with Crippen LogP contribution >= 0.6 is 11.6 Å². The molecule has 0 spiro atoms. The largest absolute Gasteiger partial charge is 0.492 e. The lowest BCUT2D eigenvalue weighted by Gasteiger charge is -2.38. The quantitative estimate of drug-likeness (QED) is 0.785. The van der Waals surface area contributed by atoms with Gasteiger partial charge in [-0.05, 0) is 44.8 Å². The van der Waals surface area contributed by atoms with Gasteiger partial charge in [0.2, 0.25) is 5.89 Å². The van der Waals surface area contributed by atoms with E-state index in [2.05, 4.69) is 15.1 Å². The maximum atomic E-state index is 6.31. The minimum absolute atomic E-state index is 0.301. The standard InChI is InChI=1S/C20H25ClN4O3/c21-16-11-15(18-14(17(16)22)5-10-27-18)20-24-23-19(28-20)12-1-6-25(7-2-12)13-3-8-26-9-4-13/h11-13H,1-10,22H2. The van der Waals surface area contributed by atoms with Gasteiger partial charge in [0, 0.05) is 37.2 Å². The highest BCUT2D eigenvalue weighted by molar-refractivity contribution is 6.33. The monoisotopic (exact) mass is 404 g/mol. The van der Waals surface area contributed by atoms with E-state index in [1.807, 2.05) is 0 Å². The third-order valence-electron chi connectivity index (χ3n) is 6.23. The molecule has 1 aromatic heterocycles. The number of anilines is 1. The average Bonchev–Trinajstić information content (AvgIpc) is 3.42. The molecule has 8 heteroatoms. The summed E-state index contributed by atoms with van der Waals surface area (Å²) in [5, 5.41) is 9.14. The molecule has 5 rings (SSSR count). The highest BCUT2D eigenvalue weighted by Gasteiger charge is 2.31. The highest BCUT2D eigenvalue weighted by Crippen LogP contribution is 2.43. The normalized spacial score (nSPS) is 21.6. The van der Waals surface area contributed by atoms with Crippen LogP contribution in [0.2, 0.25) is 5.02 Å². The van der Waals surface area contributed by atoms with Crippen LogP contribution in [0.25, 0.3) is 11.5 Å². The summed E-state index contributed by atoms with van der Waals surface area (Å²) in [5.74, 6) is 2.20. The SMILES string of the molecule is Nc1c(Cl)cc(-c2nnc(C3CCN(C4CCOCC4)CC3)o2)c2c1CCO2. The van der Waals surface area contributed by atoms with Crippen LogP contribution in [0.5, 0.6) is 5.75 Å². The van der Waals surface area contributed by atoms with E-state index in [4.69, 9.17) is 31.2 Å². The zero-order chi connectivity index (χ0) is 19.1. The Morgan fingerprint density at radius 1 is 1.07 bits per heavy atom. The summed E-state index contributed by atoms with van der Waals surface area (Å²) in [6.45, 7) is 4.50. The number of ether oxygens (including phenoxy) is 2. The van der Waals surface area contributed by atoms with Crippen molar-refractivity contribution in [3.63, 3.8) is 0 Å². The molecule has 0 saturated carbocycles. The Kier molecular flexibility index (Phi) is 4.90. The Morgan fingerprint density at radius 3 is 2.64 bits per heavy atom. The van der Waals surface area contributed by atoms with Gasteiger partial charge in [0.25, 0.3) is 5.89 Å². The van der Waals surface area contributed by atoms with E-state index in [0.29, 0.717) is 41.1 Å². The summed E-state index contributed by atoms with van der Waals surface area (Å²) in [7, 11) is 0. The molecule has 0 amide bonds. The molecule has 0 atom stereocenters. The average molecular weight is 405 g/mol. The second-order valence-corrected chi connectivity index (χ2v) is 8.23. The van der Waals surface area contributed by atoms with Crippen molar-refractivity contribution in [3.8, 4) is 17.2 Å². The van der Waals surface area contributed by atoms with Gasteiger partial charge in [-0.3, -0.25) is 0 Å². The van der Waals surface area contributed by atoms with E-state index in [-0.39, 0.29) is 0 Å². The van der Waals surface area contributed by atoms with E-state index in [0.717, 1.165) is 75.3 Å². The van der Waals surface area contributed by atoms with Crippen molar-refractivity contribution in [1.29, 1.82) is 0 Å². The molecule has 0 aliphatic carbocycles. The van der Waals surface area contributed by atoms with Crippen molar-refractivity contribution >= 4 is 17.3 Å². The van der Waals surface area contributed by atoms with Gasteiger partial charge in [0.05, 0.1) is 22.9 Å². The fraction of sp³-hybridized carbons (Fsp3) is 0.600. The van der Waals surface area contributed by atoms with Crippen LogP contribution in [-0.4, -0.2) is 54.0 Å². The number of aromatic nitrogens is 2. The number of fused-ring (bicyclic) bond motifs is 1. The molecule has 3 aliphatic heterocycles. The van der Waals surface area contributed by atoms with E-state index >= 15 is 0 Å². The van der Waals surface area contributed by atoms with Gasteiger partial charge >= 0.3 is 0 Å². The number of benzene rings is 1. The number of nitrogens with two attached hydrogens (primary N) is 1. The van der Waals surface area contributed by atoms with Crippen molar-refractivity contribution < 1.29 is 13.9 Å². The summed E-state index contributed by atoms with van der Waals surface area (Å²) < 4.78 is 17.3. The van der Waals surface area contributed by atoms with Crippen molar-refractivity contribution in [3.05, 3.63) is 22.5 Å². The molecule has 150 valence electrons. The van der Waals surface area contributed by atoms with Crippen LogP contribution in [0.1, 0.15) is 43.1 Å². The minimum atomic E-state index is 0.301. The molecule has 0 radical (unpaired) electrons. The van der Waals surface area contributed by atoms with Crippen LogP contribution < -0.4 is 10.5 Å². The fourth-order valence-corrected chi connectivity index (χ4v) is 4.82. The molecule has 1 aromatic carbocycles. The van der Waals surface area contributed by atoms with Crippen molar-refractivity contribution in [2.75, 3.05) is 38.6 Å². The number of nitrogen functional groups attached to an aromatic ring is 1. The van der Waals surface area contributed by atoms with Gasteiger partial charge < -0.3 is 24.5 Å².